The first-order valence-electron chi connectivity index (χ1n) is 17.6. The monoisotopic (exact) mass is 703 g/mol. The first kappa shape index (κ1) is 42.3. The number of guanidine groups is 1. The van der Waals surface area contributed by atoms with Gasteiger partial charge in [-0.1, -0.05) is 12.8 Å². The fraction of sp³-hybridized carbons (Fsp3) is 0.694. The summed E-state index contributed by atoms with van der Waals surface area (Å²) in [6.45, 7) is 23.2. The summed E-state index contributed by atoms with van der Waals surface area (Å²) in [5.74, 6) is 0.719. The largest absolute Gasteiger partial charge is 0.494 e. The fourth-order valence-corrected chi connectivity index (χ4v) is 4.81. The molecule has 0 bridgehead atoms. The van der Waals surface area contributed by atoms with Crippen LogP contribution in [0.1, 0.15) is 100.0 Å². The predicted octanol–water partition coefficient (Wildman–Crippen LogP) is 5.89. The summed E-state index contributed by atoms with van der Waals surface area (Å²) in [5, 5.41) is 15.6. The van der Waals surface area contributed by atoms with E-state index < -0.39 is 35.1 Å². The summed E-state index contributed by atoms with van der Waals surface area (Å²) < 4.78 is 21.7. The molecule has 282 valence electrons. The van der Waals surface area contributed by atoms with Gasteiger partial charge in [0.25, 0.3) is 0 Å². The average Bonchev–Trinajstić information content (AvgIpc) is 2.96. The molecule has 50 heavy (non-hydrogen) atoms. The number of ether oxygens (including phenoxy) is 4. The highest BCUT2D eigenvalue weighted by molar-refractivity contribution is 6.04. The Bertz CT molecular complexity index is 1230. The predicted molar refractivity (Wildman–Crippen MR) is 195 cm³/mol. The van der Waals surface area contributed by atoms with Gasteiger partial charge < -0.3 is 28.7 Å². The van der Waals surface area contributed by atoms with E-state index in [1.165, 1.54) is 0 Å². The maximum Gasteiger partial charge on any atom is 0.414 e. The van der Waals surface area contributed by atoms with E-state index in [9.17, 15) is 14.4 Å². The number of amides is 3. The zero-order valence-electron chi connectivity index (χ0n) is 31.7. The van der Waals surface area contributed by atoms with Crippen molar-refractivity contribution in [1.29, 1.82) is 5.41 Å². The van der Waals surface area contributed by atoms with Crippen molar-refractivity contribution in [2.45, 2.75) is 111 Å². The summed E-state index contributed by atoms with van der Waals surface area (Å²) in [7, 11) is 0. The highest BCUT2D eigenvalue weighted by Gasteiger charge is 2.22. The van der Waals surface area contributed by atoms with E-state index in [1.807, 2.05) is 0 Å². The number of benzene rings is 1. The molecule has 1 aromatic rings. The summed E-state index contributed by atoms with van der Waals surface area (Å²) in [6.07, 6.45) is 2.87. The second-order valence-corrected chi connectivity index (χ2v) is 15.3. The molecular formula is C36H61N7O7. The van der Waals surface area contributed by atoms with Crippen LogP contribution in [-0.2, 0) is 14.2 Å². The standard InChI is InChI=1S/C36H61N7O7/c1-34(2,3)48-31(44)39-29(37)27-15-17-28(18-16-27)47-26-14-21-43-24-22-42(23-25-43)20-13-11-10-12-19-38-30(40-32(45)49-35(4,5)6)41-33(46)50-36(7,8)9/h15-18H,10-14,19-26H2,1-9H3,(H2,37,39,44)(H2,38,40,41,45,46). The number of hydrogen-bond acceptors (Lipinski definition) is 11. The third-order valence-electron chi connectivity index (χ3n) is 7.01. The topological polar surface area (TPSA) is 167 Å². The molecule has 0 spiro atoms. The highest BCUT2D eigenvalue weighted by Crippen LogP contribution is 2.14. The molecule has 1 fully saturated rings. The van der Waals surface area contributed by atoms with E-state index in [4.69, 9.17) is 24.4 Å². The molecule has 1 aromatic carbocycles. The number of carbonyl (C=O) groups is 3. The van der Waals surface area contributed by atoms with Gasteiger partial charge in [-0.25, -0.2) is 14.4 Å². The van der Waals surface area contributed by atoms with Gasteiger partial charge in [-0.15, -0.1) is 0 Å². The van der Waals surface area contributed by atoms with Gasteiger partial charge in [0.1, 0.15) is 28.4 Å². The summed E-state index contributed by atoms with van der Waals surface area (Å²) in [4.78, 5) is 45.7. The van der Waals surface area contributed by atoms with Crippen molar-refractivity contribution >= 4 is 30.1 Å². The molecule has 3 amide bonds. The molecule has 14 heteroatoms. The van der Waals surface area contributed by atoms with Gasteiger partial charge in [0.2, 0.25) is 5.96 Å². The van der Waals surface area contributed by atoms with E-state index >= 15 is 0 Å². The minimum atomic E-state index is -0.696. The molecule has 0 radical (unpaired) electrons. The van der Waals surface area contributed by atoms with Crippen LogP contribution in [0.15, 0.2) is 29.3 Å². The van der Waals surface area contributed by atoms with E-state index in [0.717, 1.165) is 77.1 Å². The van der Waals surface area contributed by atoms with Crippen molar-refractivity contribution in [2.75, 3.05) is 52.4 Å². The molecule has 0 aromatic heterocycles. The number of carbonyl (C=O) groups excluding carboxylic acids is 3. The first-order chi connectivity index (χ1) is 23.3. The quantitative estimate of drug-likeness (QED) is 0.0848. The SMILES string of the molecule is CC(C)(C)OC(=O)NC(=N)c1ccc(OCCCN2CCN(CCCCCCN=C(NC(=O)OC(C)(C)C)NC(=O)OC(C)(C)C)CC2)cc1. The van der Waals surface area contributed by atoms with E-state index in [2.05, 4.69) is 30.7 Å². The third-order valence-corrected chi connectivity index (χ3v) is 7.01. The number of unbranched alkanes of at least 4 members (excludes halogenated alkanes) is 3. The van der Waals surface area contributed by atoms with Crippen molar-refractivity contribution in [1.82, 2.24) is 25.8 Å². The van der Waals surface area contributed by atoms with Gasteiger partial charge in [0, 0.05) is 44.8 Å². The summed E-state index contributed by atoms with van der Waals surface area (Å²) in [5.41, 5.74) is -1.42. The van der Waals surface area contributed by atoms with Crippen LogP contribution >= 0.6 is 0 Å². The lowest BCUT2D eigenvalue weighted by Crippen LogP contribution is -2.47. The summed E-state index contributed by atoms with van der Waals surface area (Å²) >= 11 is 0. The maximum absolute atomic E-state index is 12.2. The normalized spacial score (nSPS) is 14.3. The average molecular weight is 704 g/mol. The van der Waals surface area contributed by atoms with E-state index in [-0.39, 0.29) is 11.8 Å². The molecule has 0 saturated carbocycles. The van der Waals surface area contributed by atoms with Gasteiger partial charge in [0.15, 0.2) is 0 Å². The number of hydrogen-bond donors (Lipinski definition) is 4. The minimum absolute atomic E-state index is 0.0142. The Balaban J connectivity index is 1.60. The zero-order chi connectivity index (χ0) is 37.4. The van der Waals surface area contributed by atoms with Crippen LogP contribution in [0.25, 0.3) is 0 Å². The maximum atomic E-state index is 12.2. The Hall–Kier alpha value is -3.91. The lowest BCUT2D eigenvalue weighted by Gasteiger charge is -2.34. The molecule has 1 aliphatic heterocycles. The van der Waals surface area contributed by atoms with E-state index in [1.54, 1.807) is 86.6 Å². The van der Waals surface area contributed by atoms with Crippen molar-refractivity contribution in [2.24, 2.45) is 4.99 Å². The number of amidine groups is 1. The second-order valence-electron chi connectivity index (χ2n) is 15.3. The Labute approximate surface area is 298 Å². The molecule has 1 heterocycles. The van der Waals surface area contributed by atoms with Crippen molar-refractivity contribution in [3.63, 3.8) is 0 Å². The molecule has 0 atom stereocenters. The Morgan fingerprint density at radius 3 is 1.58 bits per heavy atom. The van der Waals surface area contributed by atoms with Crippen LogP contribution in [0.3, 0.4) is 0 Å². The number of alkyl carbamates (subject to hydrolysis) is 3. The van der Waals surface area contributed by atoms with Gasteiger partial charge in [-0.05, 0) is 112 Å². The molecular weight excluding hydrogens is 642 g/mol. The molecule has 0 aliphatic carbocycles. The van der Waals surface area contributed by atoms with Gasteiger partial charge in [0.05, 0.1) is 6.61 Å². The van der Waals surface area contributed by atoms with Crippen molar-refractivity contribution in [3.8, 4) is 5.75 Å². The first-order valence-corrected chi connectivity index (χ1v) is 17.6. The van der Waals surface area contributed by atoms with Crippen molar-refractivity contribution < 1.29 is 33.3 Å². The smallest absolute Gasteiger partial charge is 0.414 e. The zero-order valence-corrected chi connectivity index (χ0v) is 31.7. The Morgan fingerprint density at radius 2 is 1.10 bits per heavy atom. The van der Waals surface area contributed by atoms with Crippen molar-refractivity contribution in [3.05, 3.63) is 29.8 Å². The van der Waals surface area contributed by atoms with Crippen LogP contribution in [0.2, 0.25) is 0 Å². The third kappa shape index (κ3) is 19.9. The number of rotatable bonds is 13. The lowest BCUT2D eigenvalue weighted by atomic mass is 10.2. The molecule has 4 N–H and O–H groups in total. The highest BCUT2D eigenvalue weighted by atomic mass is 16.6. The van der Waals surface area contributed by atoms with Gasteiger partial charge >= 0.3 is 18.3 Å². The second kappa shape index (κ2) is 20.1. The fourth-order valence-electron chi connectivity index (χ4n) is 4.81. The number of piperazine rings is 1. The van der Waals surface area contributed by atoms with E-state index in [0.29, 0.717) is 18.7 Å². The Morgan fingerprint density at radius 1 is 0.660 bits per heavy atom. The molecule has 0 unspecified atom stereocenters. The number of aliphatic imine (C=N–C) groups is 1. The molecule has 1 saturated heterocycles. The summed E-state index contributed by atoms with van der Waals surface area (Å²) in [6, 6.07) is 7.10. The molecule has 14 nitrogen and oxygen atoms in total. The lowest BCUT2D eigenvalue weighted by molar-refractivity contribution is 0.0534. The number of nitrogens with one attached hydrogen (secondary N) is 4. The molecule has 1 aliphatic rings. The van der Waals surface area contributed by atoms with Crippen LogP contribution in [0.4, 0.5) is 14.4 Å². The van der Waals surface area contributed by atoms with Crippen LogP contribution in [-0.4, -0.2) is 109 Å². The van der Waals surface area contributed by atoms with Crippen LogP contribution in [0, 0.1) is 5.41 Å². The Kier molecular flexibility index (Phi) is 17.0. The number of nitrogens with zero attached hydrogens (tertiary/aromatic N) is 3. The molecule has 2 rings (SSSR count). The van der Waals surface area contributed by atoms with Crippen LogP contribution < -0.4 is 20.7 Å². The van der Waals surface area contributed by atoms with Gasteiger partial charge in [-0.2, -0.15) is 0 Å². The van der Waals surface area contributed by atoms with Crippen LogP contribution in [0.5, 0.6) is 5.75 Å². The minimum Gasteiger partial charge on any atom is -0.494 e. The van der Waals surface area contributed by atoms with Gasteiger partial charge in [-0.3, -0.25) is 26.4 Å².